The summed E-state index contributed by atoms with van der Waals surface area (Å²) in [5.74, 6) is 1.10. The summed E-state index contributed by atoms with van der Waals surface area (Å²) in [7, 11) is 1.65. The minimum Gasteiger partial charge on any atom is -0.497 e. The fraction of sp³-hybridized carbons (Fsp3) is 0.562. The highest BCUT2D eigenvalue weighted by Gasteiger charge is 2.12. The van der Waals surface area contributed by atoms with Gasteiger partial charge in [0, 0.05) is 19.0 Å². The lowest BCUT2D eigenvalue weighted by Crippen LogP contribution is -2.39. The molecule has 2 atom stereocenters. The molecule has 1 unspecified atom stereocenters. The van der Waals surface area contributed by atoms with Crippen molar-refractivity contribution < 1.29 is 9.53 Å². The molecular weight excluding hydrogens is 288 g/mol. The normalized spacial score (nSPS) is 13.0. The number of hydrogen-bond acceptors (Lipinski definition) is 3. The van der Waals surface area contributed by atoms with E-state index in [1.807, 2.05) is 24.3 Å². The van der Waals surface area contributed by atoms with Gasteiger partial charge in [-0.15, -0.1) is 12.4 Å². The highest BCUT2D eigenvalue weighted by atomic mass is 35.5. The number of rotatable bonds is 8. The molecule has 5 heteroatoms. The summed E-state index contributed by atoms with van der Waals surface area (Å²) >= 11 is 0. The molecule has 120 valence electrons. The third-order valence-electron chi connectivity index (χ3n) is 3.31. The molecule has 1 aromatic carbocycles. The monoisotopic (exact) mass is 314 g/mol. The SMILES string of the molecule is CCN[C@H](C)CNC(=O)CC(C)c1cccc(OC)c1.Cl. The quantitative estimate of drug-likeness (QED) is 0.775. The first-order valence-electron chi connectivity index (χ1n) is 7.20. The number of amides is 1. The van der Waals surface area contributed by atoms with Crippen LogP contribution in [0.15, 0.2) is 24.3 Å². The van der Waals surface area contributed by atoms with Crippen LogP contribution in [0.25, 0.3) is 0 Å². The molecule has 0 fully saturated rings. The van der Waals surface area contributed by atoms with Gasteiger partial charge in [-0.25, -0.2) is 0 Å². The number of hydrogen-bond donors (Lipinski definition) is 2. The van der Waals surface area contributed by atoms with Crippen molar-refractivity contribution in [1.29, 1.82) is 0 Å². The van der Waals surface area contributed by atoms with Gasteiger partial charge in [-0.1, -0.05) is 26.0 Å². The van der Waals surface area contributed by atoms with Crippen LogP contribution in [-0.4, -0.2) is 32.1 Å². The van der Waals surface area contributed by atoms with Crippen LogP contribution in [0.4, 0.5) is 0 Å². The van der Waals surface area contributed by atoms with Crippen LogP contribution < -0.4 is 15.4 Å². The van der Waals surface area contributed by atoms with Crippen molar-refractivity contribution in [3.8, 4) is 5.75 Å². The number of carbonyl (C=O) groups is 1. The van der Waals surface area contributed by atoms with E-state index in [-0.39, 0.29) is 24.2 Å². The Kier molecular flexibility index (Phi) is 9.84. The maximum absolute atomic E-state index is 11.9. The van der Waals surface area contributed by atoms with Gasteiger partial charge in [-0.2, -0.15) is 0 Å². The zero-order valence-corrected chi connectivity index (χ0v) is 14.1. The van der Waals surface area contributed by atoms with Crippen LogP contribution in [0.1, 0.15) is 38.7 Å². The van der Waals surface area contributed by atoms with Crippen molar-refractivity contribution >= 4 is 18.3 Å². The lowest BCUT2D eigenvalue weighted by molar-refractivity contribution is -0.121. The molecule has 0 aliphatic carbocycles. The number of likely N-dealkylation sites (N-methyl/N-ethyl adjacent to an activating group) is 1. The molecule has 21 heavy (non-hydrogen) atoms. The molecule has 0 heterocycles. The zero-order chi connectivity index (χ0) is 15.0. The lowest BCUT2D eigenvalue weighted by Gasteiger charge is -2.16. The van der Waals surface area contributed by atoms with Gasteiger partial charge in [-0.05, 0) is 37.1 Å². The first kappa shape index (κ1) is 19.7. The van der Waals surface area contributed by atoms with Crippen molar-refractivity contribution in [2.45, 2.75) is 39.2 Å². The van der Waals surface area contributed by atoms with E-state index in [1.54, 1.807) is 7.11 Å². The largest absolute Gasteiger partial charge is 0.497 e. The standard InChI is InChI=1S/C16H26N2O2.ClH/c1-5-17-13(3)11-18-16(19)9-12(2)14-7-6-8-15(10-14)20-4;/h6-8,10,12-13,17H,5,9,11H2,1-4H3,(H,18,19);1H/t12?,13-;/m1./s1. The third-order valence-corrected chi connectivity index (χ3v) is 3.31. The Balaban J connectivity index is 0.00000400. The Bertz CT molecular complexity index is 426. The van der Waals surface area contributed by atoms with E-state index in [0.29, 0.717) is 19.0 Å². The Morgan fingerprint density at radius 1 is 1.33 bits per heavy atom. The van der Waals surface area contributed by atoms with Crippen LogP contribution in [0.3, 0.4) is 0 Å². The first-order chi connectivity index (χ1) is 9.56. The van der Waals surface area contributed by atoms with Crippen molar-refractivity contribution in [3.63, 3.8) is 0 Å². The Hall–Kier alpha value is -1.26. The van der Waals surface area contributed by atoms with Gasteiger partial charge < -0.3 is 15.4 Å². The summed E-state index contributed by atoms with van der Waals surface area (Å²) in [5, 5.41) is 6.23. The van der Waals surface area contributed by atoms with Gasteiger partial charge in [0.1, 0.15) is 5.75 Å². The second-order valence-electron chi connectivity index (χ2n) is 5.14. The first-order valence-corrected chi connectivity index (χ1v) is 7.20. The molecule has 0 saturated carbocycles. The number of ether oxygens (including phenoxy) is 1. The van der Waals surface area contributed by atoms with E-state index < -0.39 is 0 Å². The van der Waals surface area contributed by atoms with E-state index in [1.165, 1.54) is 0 Å². The van der Waals surface area contributed by atoms with Gasteiger partial charge >= 0.3 is 0 Å². The van der Waals surface area contributed by atoms with Crippen LogP contribution in [0.2, 0.25) is 0 Å². The summed E-state index contributed by atoms with van der Waals surface area (Å²) in [5.41, 5.74) is 1.12. The van der Waals surface area contributed by atoms with E-state index in [2.05, 4.69) is 31.4 Å². The highest BCUT2D eigenvalue weighted by Crippen LogP contribution is 2.22. The molecule has 0 radical (unpaired) electrons. The minimum atomic E-state index is 0. The zero-order valence-electron chi connectivity index (χ0n) is 13.3. The summed E-state index contributed by atoms with van der Waals surface area (Å²) in [6.07, 6.45) is 0.492. The summed E-state index contributed by atoms with van der Waals surface area (Å²) in [6, 6.07) is 8.18. The predicted octanol–water partition coefficient (Wildman–Crippen LogP) is 2.72. The van der Waals surface area contributed by atoms with Crippen LogP contribution in [0, 0.1) is 0 Å². The molecule has 0 aliphatic heterocycles. The fourth-order valence-corrected chi connectivity index (χ4v) is 2.10. The second kappa shape index (κ2) is 10.5. The van der Waals surface area contributed by atoms with E-state index in [9.17, 15) is 4.79 Å². The Morgan fingerprint density at radius 3 is 2.67 bits per heavy atom. The minimum absolute atomic E-state index is 0. The molecule has 0 aliphatic rings. The lowest BCUT2D eigenvalue weighted by atomic mass is 9.97. The molecule has 0 spiro atoms. The van der Waals surface area contributed by atoms with E-state index in [4.69, 9.17) is 4.74 Å². The maximum atomic E-state index is 11.9. The second-order valence-corrected chi connectivity index (χ2v) is 5.14. The molecular formula is C16H27ClN2O2. The average Bonchev–Trinajstić information content (AvgIpc) is 2.45. The van der Waals surface area contributed by atoms with Crippen molar-refractivity contribution in [1.82, 2.24) is 10.6 Å². The number of nitrogens with one attached hydrogen (secondary N) is 2. The van der Waals surface area contributed by atoms with Crippen molar-refractivity contribution in [2.24, 2.45) is 0 Å². The molecule has 2 N–H and O–H groups in total. The maximum Gasteiger partial charge on any atom is 0.220 e. The van der Waals surface area contributed by atoms with Crippen molar-refractivity contribution in [2.75, 3.05) is 20.2 Å². The topological polar surface area (TPSA) is 50.4 Å². The van der Waals surface area contributed by atoms with Gasteiger partial charge in [0.05, 0.1) is 7.11 Å². The molecule has 1 amide bonds. The molecule has 0 bridgehead atoms. The molecule has 1 aromatic rings. The summed E-state index contributed by atoms with van der Waals surface area (Å²) < 4.78 is 5.21. The third kappa shape index (κ3) is 7.34. The molecule has 0 saturated heterocycles. The van der Waals surface area contributed by atoms with Crippen LogP contribution in [-0.2, 0) is 4.79 Å². The Morgan fingerprint density at radius 2 is 2.05 bits per heavy atom. The van der Waals surface area contributed by atoms with Gasteiger partial charge in [-0.3, -0.25) is 4.79 Å². The number of halogens is 1. The number of methoxy groups -OCH3 is 1. The van der Waals surface area contributed by atoms with Crippen LogP contribution >= 0.6 is 12.4 Å². The van der Waals surface area contributed by atoms with Gasteiger partial charge in [0.15, 0.2) is 0 Å². The average molecular weight is 315 g/mol. The van der Waals surface area contributed by atoms with Gasteiger partial charge in [0.2, 0.25) is 5.91 Å². The summed E-state index contributed by atoms with van der Waals surface area (Å²) in [4.78, 5) is 11.9. The Labute approximate surface area is 134 Å². The number of carbonyl (C=O) groups excluding carboxylic acids is 1. The van der Waals surface area contributed by atoms with Gasteiger partial charge in [0.25, 0.3) is 0 Å². The smallest absolute Gasteiger partial charge is 0.220 e. The van der Waals surface area contributed by atoms with Crippen LogP contribution in [0.5, 0.6) is 5.75 Å². The van der Waals surface area contributed by atoms with E-state index in [0.717, 1.165) is 17.9 Å². The molecule has 1 rings (SSSR count). The molecule has 4 nitrogen and oxygen atoms in total. The molecule has 0 aromatic heterocycles. The van der Waals surface area contributed by atoms with Crippen molar-refractivity contribution in [3.05, 3.63) is 29.8 Å². The fourth-order valence-electron chi connectivity index (χ4n) is 2.10. The van der Waals surface area contributed by atoms with E-state index >= 15 is 0 Å². The number of benzene rings is 1. The predicted molar refractivity (Wildman–Crippen MR) is 89.4 cm³/mol. The summed E-state index contributed by atoms with van der Waals surface area (Å²) in [6.45, 7) is 7.76. The highest BCUT2D eigenvalue weighted by molar-refractivity contribution is 5.85.